The fourth-order valence-electron chi connectivity index (χ4n) is 0.279. The Labute approximate surface area is 85.0 Å². The lowest BCUT2D eigenvalue weighted by atomic mass is 10.6. The van der Waals surface area contributed by atoms with E-state index in [9.17, 15) is 9.90 Å². The summed E-state index contributed by atoms with van der Waals surface area (Å²) in [6, 6.07) is 0. The van der Waals surface area contributed by atoms with Gasteiger partial charge < -0.3 is 25.0 Å². The molecule has 0 saturated heterocycles. The highest BCUT2D eigenvalue weighted by molar-refractivity contribution is 5.79. The first kappa shape index (κ1) is 15.2. The van der Waals surface area contributed by atoms with Crippen LogP contribution in [0.25, 0.3) is 0 Å². The van der Waals surface area contributed by atoms with E-state index in [-0.39, 0.29) is 12.5 Å². The minimum absolute atomic E-state index is 0.279. The normalized spacial score (nSPS) is 9.79. The molecule has 0 fully saturated rings. The van der Waals surface area contributed by atoms with Crippen LogP contribution in [0.1, 0.15) is 0 Å². The fourth-order valence-corrected chi connectivity index (χ4v) is 0.279. The maximum atomic E-state index is 9.81. The number of carbonyl (C=O) groups is 1. The third kappa shape index (κ3) is 22.4. The first-order valence-electron chi connectivity index (χ1n) is 4.08. The molecule has 0 spiro atoms. The summed E-state index contributed by atoms with van der Waals surface area (Å²) in [5.74, 6) is -1.52. The monoisotopic (exact) mass is 204 g/mol. The van der Waals surface area contributed by atoms with Crippen molar-refractivity contribution in [3.8, 4) is 0 Å². The predicted octanol–water partition coefficient (Wildman–Crippen LogP) is -2.12. The topological polar surface area (TPSA) is 93.2 Å². The summed E-state index contributed by atoms with van der Waals surface area (Å²) < 4.78 is 1.00. The van der Waals surface area contributed by atoms with Gasteiger partial charge in [-0.15, -0.1) is 0 Å². The maximum absolute atomic E-state index is 9.81. The zero-order chi connectivity index (χ0) is 11.9. The van der Waals surface area contributed by atoms with E-state index in [1.807, 2.05) is 0 Å². The number of aliphatic carboxylic acids is 1. The van der Waals surface area contributed by atoms with Gasteiger partial charge in [0.05, 0.1) is 40.7 Å². The molecule has 0 aliphatic heterocycles. The number of quaternary nitrogens is 1. The molecule has 0 unspecified atom stereocenters. The maximum Gasteiger partial charge on any atom is 0.188 e. The lowest BCUT2D eigenvalue weighted by Crippen LogP contribution is -2.41. The Morgan fingerprint density at radius 1 is 1.43 bits per heavy atom. The summed E-state index contributed by atoms with van der Waals surface area (Å²) in [7, 11) is 9.90. The number of rotatable bonds is 2. The van der Waals surface area contributed by atoms with E-state index in [0.29, 0.717) is 0 Å². The highest BCUT2D eigenvalue weighted by Gasteiger charge is 1.96. The van der Waals surface area contributed by atoms with E-state index in [1.165, 1.54) is 7.05 Å². The van der Waals surface area contributed by atoms with Crippen molar-refractivity contribution in [2.75, 3.05) is 41.8 Å². The van der Waals surface area contributed by atoms with E-state index in [1.54, 1.807) is 0 Å². The van der Waals surface area contributed by atoms with Crippen LogP contribution in [0.3, 0.4) is 0 Å². The summed E-state index contributed by atoms with van der Waals surface area (Å²) in [5.41, 5.74) is 4.90. The van der Waals surface area contributed by atoms with E-state index in [4.69, 9.17) is 11.1 Å². The van der Waals surface area contributed by atoms with Crippen molar-refractivity contribution in [1.82, 2.24) is 4.90 Å². The second-order valence-corrected chi connectivity index (χ2v) is 4.30. The van der Waals surface area contributed by atoms with E-state index in [2.05, 4.69) is 28.2 Å². The summed E-state index contributed by atoms with van der Waals surface area (Å²) in [6.45, 7) is -0.338. The van der Waals surface area contributed by atoms with Gasteiger partial charge in [0.2, 0.25) is 0 Å². The smallest absolute Gasteiger partial charge is 0.188 e. The van der Waals surface area contributed by atoms with Crippen LogP contribution in [0.5, 0.6) is 0 Å². The van der Waals surface area contributed by atoms with Gasteiger partial charge in [-0.3, -0.25) is 5.41 Å². The number of carboxylic acids is 1. The zero-order valence-corrected chi connectivity index (χ0v) is 9.50. The third-order valence-corrected chi connectivity index (χ3v) is 0.778. The van der Waals surface area contributed by atoms with Gasteiger partial charge in [-0.25, -0.2) is 0 Å². The lowest BCUT2D eigenvalue weighted by molar-refractivity contribution is -0.849. The average molecular weight is 204 g/mol. The number of nitrogens with two attached hydrogens (primary N) is 1. The average Bonchev–Trinajstić information content (AvgIpc) is 1.80. The van der Waals surface area contributed by atoms with Crippen LogP contribution in [-0.4, -0.2) is 63.1 Å². The van der Waals surface area contributed by atoms with Crippen LogP contribution in [-0.2, 0) is 4.79 Å². The van der Waals surface area contributed by atoms with Crippen molar-refractivity contribution in [3.63, 3.8) is 0 Å². The second-order valence-electron chi connectivity index (χ2n) is 4.30. The predicted molar refractivity (Wildman–Crippen MR) is 53.5 cm³/mol. The van der Waals surface area contributed by atoms with Crippen molar-refractivity contribution >= 4 is 11.9 Å². The number of hydrogen-bond acceptors (Lipinski definition) is 3. The number of hydrogen-bond donors (Lipinski definition) is 2. The van der Waals surface area contributed by atoms with Crippen molar-refractivity contribution in [2.24, 2.45) is 5.73 Å². The van der Waals surface area contributed by atoms with Gasteiger partial charge in [0.1, 0.15) is 0 Å². The lowest BCUT2D eigenvalue weighted by Gasteiger charge is -2.16. The minimum Gasteiger partial charge on any atom is -0.548 e. The summed E-state index contributed by atoms with van der Waals surface area (Å²) in [4.78, 5) is 10.9. The molecule has 0 bridgehead atoms. The van der Waals surface area contributed by atoms with Gasteiger partial charge in [0.15, 0.2) is 5.96 Å². The SMILES string of the molecule is CN(CC(=O)[O-])C(=N)N.C[N+](C)(C)C. The van der Waals surface area contributed by atoms with Crippen molar-refractivity contribution in [3.05, 3.63) is 0 Å². The van der Waals surface area contributed by atoms with Gasteiger partial charge >= 0.3 is 0 Å². The summed E-state index contributed by atoms with van der Waals surface area (Å²) >= 11 is 0. The molecule has 0 rings (SSSR count). The quantitative estimate of drug-likeness (QED) is 0.306. The van der Waals surface area contributed by atoms with Crippen LogP contribution < -0.4 is 10.8 Å². The molecular formula is C8H20N4O2. The standard InChI is InChI=1S/C4H9N3O2.C4H12N/c1-7(4(5)6)2-3(8)9;1-5(2,3)4/h2H2,1H3,(H3,5,6)(H,8,9);1-4H3/q;+1/p-1. The summed E-state index contributed by atoms with van der Waals surface area (Å²) in [5, 5.41) is 16.5. The first-order chi connectivity index (χ1) is 6.04. The molecule has 6 heteroatoms. The molecule has 0 heterocycles. The van der Waals surface area contributed by atoms with Gasteiger partial charge in [-0.05, 0) is 0 Å². The fraction of sp³-hybridized carbons (Fsp3) is 0.750. The molecule has 0 aliphatic carbocycles. The van der Waals surface area contributed by atoms with Crippen molar-refractivity contribution in [1.29, 1.82) is 5.41 Å². The minimum atomic E-state index is -1.24. The van der Waals surface area contributed by atoms with Crippen LogP contribution in [0.15, 0.2) is 0 Å². The Kier molecular flexibility index (Phi) is 6.72. The van der Waals surface area contributed by atoms with Gasteiger partial charge in [0.25, 0.3) is 0 Å². The number of nitrogens with zero attached hydrogens (tertiary/aromatic N) is 2. The molecule has 0 aromatic carbocycles. The van der Waals surface area contributed by atoms with Crippen LogP contribution in [0.2, 0.25) is 0 Å². The molecule has 84 valence electrons. The highest BCUT2D eigenvalue weighted by atomic mass is 16.4. The molecule has 6 nitrogen and oxygen atoms in total. The van der Waals surface area contributed by atoms with E-state index < -0.39 is 5.97 Å². The molecule has 0 amide bonds. The number of carbonyl (C=O) groups excluding carboxylic acids is 1. The molecule has 0 aromatic heterocycles. The molecule has 0 aromatic rings. The molecule has 0 aliphatic rings. The van der Waals surface area contributed by atoms with E-state index >= 15 is 0 Å². The third-order valence-electron chi connectivity index (χ3n) is 0.778. The molecule has 0 saturated carbocycles. The van der Waals surface area contributed by atoms with Crippen LogP contribution >= 0.6 is 0 Å². The largest absolute Gasteiger partial charge is 0.548 e. The van der Waals surface area contributed by atoms with Crippen molar-refractivity contribution < 1.29 is 14.4 Å². The van der Waals surface area contributed by atoms with Gasteiger partial charge in [-0.2, -0.15) is 0 Å². The van der Waals surface area contributed by atoms with Crippen LogP contribution in [0, 0.1) is 5.41 Å². The number of carboxylic acid groups (broad SMARTS) is 1. The molecular weight excluding hydrogens is 184 g/mol. The number of likely N-dealkylation sites (N-methyl/N-ethyl adjacent to an activating group) is 1. The summed E-state index contributed by atoms with van der Waals surface area (Å²) in [6.07, 6.45) is 0. The molecule has 3 N–H and O–H groups in total. The molecule has 14 heavy (non-hydrogen) atoms. The van der Waals surface area contributed by atoms with Crippen molar-refractivity contribution in [2.45, 2.75) is 0 Å². The Hall–Kier alpha value is -1.30. The Morgan fingerprint density at radius 2 is 1.71 bits per heavy atom. The zero-order valence-electron chi connectivity index (χ0n) is 9.50. The Morgan fingerprint density at radius 3 is 1.79 bits per heavy atom. The van der Waals surface area contributed by atoms with E-state index in [0.717, 1.165) is 9.38 Å². The molecule has 0 atom stereocenters. The Bertz CT molecular complexity index is 192. The Balaban J connectivity index is 0. The van der Waals surface area contributed by atoms with Gasteiger partial charge in [0, 0.05) is 7.05 Å². The number of nitrogens with one attached hydrogen (secondary N) is 1. The van der Waals surface area contributed by atoms with Crippen LogP contribution in [0.4, 0.5) is 0 Å². The first-order valence-corrected chi connectivity index (χ1v) is 4.08. The highest BCUT2D eigenvalue weighted by Crippen LogP contribution is 1.75. The second kappa shape index (κ2) is 6.20. The van der Waals surface area contributed by atoms with Gasteiger partial charge in [-0.1, -0.05) is 0 Å². The molecule has 0 radical (unpaired) electrons. The number of guanidine groups is 1.